The second kappa shape index (κ2) is 7.36. The first-order valence-electron chi connectivity index (χ1n) is 6.02. The molecule has 1 aromatic rings. The number of ether oxygens (including phenoxy) is 1. The number of rotatable bonds is 7. The van der Waals surface area contributed by atoms with Crippen LogP contribution in [0.4, 0.5) is 5.69 Å². The van der Waals surface area contributed by atoms with Crippen molar-refractivity contribution in [2.75, 3.05) is 11.9 Å². The molecule has 0 saturated carbocycles. The largest absolute Gasteiger partial charge is 0.493 e. The molecule has 1 aromatic carbocycles. The summed E-state index contributed by atoms with van der Waals surface area (Å²) in [6.45, 7) is 4.61. The lowest BCUT2D eigenvalue weighted by Crippen LogP contribution is -2.13. The summed E-state index contributed by atoms with van der Waals surface area (Å²) < 4.78 is 5.72. The molecule has 0 spiro atoms. The van der Waals surface area contributed by atoms with E-state index >= 15 is 0 Å². The molecule has 1 rings (SSSR count). The van der Waals surface area contributed by atoms with Crippen LogP contribution in [-0.2, 0) is 0 Å². The maximum Gasteiger partial charge on any atom is 0.269 e. The SMILES string of the molecule is CCCC(CBr)COc1ccc([N+](=O)[O-])cc1C. The van der Waals surface area contributed by atoms with Gasteiger partial charge in [-0.25, -0.2) is 0 Å². The van der Waals surface area contributed by atoms with Gasteiger partial charge < -0.3 is 4.74 Å². The molecule has 0 bridgehead atoms. The molecule has 0 saturated heterocycles. The Morgan fingerprint density at radius 2 is 2.22 bits per heavy atom. The predicted octanol–water partition coefficient (Wildman–Crippen LogP) is 4.09. The topological polar surface area (TPSA) is 52.4 Å². The molecule has 0 aliphatic heterocycles. The lowest BCUT2D eigenvalue weighted by Gasteiger charge is -2.15. The third-order valence-corrected chi connectivity index (χ3v) is 3.67. The number of non-ortho nitro benzene ring substituents is 1. The number of alkyl halides is 1. The van der Waals surface area contributed by atoms with E-state index in [0.717, 1.165) is 29.5 Å². The number of nitro groups is 1. The van der Waals surface area contributed by atoms with Crippen LogP contribution in [0.3, 0.4) is 0 Å². The number of hydrogen-bond donors (Lipinski definition) is 0. The predicted molar refractivity (Wildman–Crippen MR) is 75.5 cm³/mol. The minimum Gasteiger partial charge on any atom is -0.493 e. The number of benzene rings is 1. The van der Waals surface area contributed by atoms with E-state index in [1.165, 1.54) is 12.1 Å². The van der Waals surface area contributed by atoms with Crippen molar-refractivity contribution in [3.63, 3.8) is 0 Å². The molecule has 4 nitrogen and oxygen atoms in total. The average molecular weight is 316 g/mol. The molecule has 0 aromatic heterocycles. The van der Waals surface area contributed by atoms with Gasteiger partial charge in [-0.05, 0) is 25.0 Å². The molecule has 5 heteroatoms. The van der Waals surface area contributed by atoms with Gasteiger partial charge in [-0.15, -0.1) is 0 Å². The Hall–Kier alpha value is -1.10. The van der Waals surface area contributed by atoms with Gasteiger partial charge in [0.05, 0.1) is 11.5 Å². The van der Waals surface area contributed by atoms with Crippen LogP contribution in [0, 0.1) is 23.0 Å². The normalized spacial score (nSPS) is 12.2. The Kier molecular flexibility index (Phi) is 6.12. The maximum atomic E-state index is 10.6. The molecule has 0 amide bonds. The molecular weight excluding hydrogens is 298 g/mol. The first kappa shape index (κ1) is 15.0. The zero-order chi connectivity index (χ0) is 13.5. The van der Waals surface area contributed by atoms with Gasteiger partial charge in [0.15, 0.2) is 0 Å². The first-order chi connectivity index (χ1) is 8.58. The van der Waals surface area contributed by atoms with E-state index in [4.69, 9.17) is 4.74 Å². The van der Waals surface area contributed by atoms with Crippen LogP contribution in [0.15, 0.2) is 18.2 Å². The molecule has 0 radical (unpaired) electrons. The Morgan fingerprint density at radius 3 is 2.72 bits per heavy atom. The Balaban J connectivity index is 2.65. The van der Waals surface area contributed by atoms with Gasteiger partial charge in [0, 0.05) is 23.4 Å². The van der Waals surface area contributed by atoms with Crippen LogP contribution in [0.2, 0.25) is 0 Å². The van der Waals surface area contributed by atoms with Crippen molar-refractivity contribution in [2.45, 2.75) is 26.7 Å². The fourth-order valence-corrected chi connectivity index (χ4v) is 2.24. The van der Waals surface area contributed by atoms with E-state index in [1.54, 1.807) is 6.07 Å². The second-order valence-electron chi connectivity index (χ2n) is 4.33. The summed E-state index contributed by atoms with van der Waals surface area (Å²) in [5.74, 6) is 1.20. The van der Waals surface area contributed by atoms with Crippen molar-refractivity contribution < 1.29 is 9.66 Å². The Labute approximate surface area is 116 Å². The fourth-order valence-electron chi connectivity index (χ4n) is 1.73. The number of halogens is 1. The highest BCUT2D eigenvalue weighted by atomic mass is 79.9. The third-order valence-electron chi connectivity index (χ3n) is 2.76. The molecule has 1 unspecified atom stereocenters. The second-order valence-corrected chi connectivity index (χ2v) is 4.97. The van der Waals surface area contributed by atoms with E-state index in [2.05, 4.69) is 22.9 Å². The lowest BCUT2D eigenvalue weighted by molar-refractivity contribution is -0.384. The van der Waals surface area contributed by atoms with E-state index in [1.807, 2.05) is 6.92 Å². The van der Waals surface area contributed by atoms with Crippen LogP contribution in [0.5, 0.6) is 5.75 Å². The summed E-state index contributed by atoms with van der Waals surface area (Å²) in [5.41, 5.74) is 0.902. The smallest absolute Gasteiger partial charge is 0.269 e. The van der Waals surface area contributed by atoms with Crippen molar-refractivity contribution in [2.24, 2.45) is 5.92 Å². The molecular formula is C13H18BrNO3. The highest BCUT2D eigenvalue weighted by Crippen LogP contribution is 2.24. The standard InChI is InChI=1S/C13H18BrNO3/c1-3-4-11(8-14)9-18-13-6-5-12(15(16)17)7-10(13)2/h5-7,11H,3-4,8-9H2,1-2H3. The van der Waals surface area contributed by atoms with E-state index in [0.29, 0.717) is 12.5 Å². The Morgan fingerprint density at radius 1 is 1.50 bits per heavy atom. The van der Waals surface area contributed by atoms with Crippen LogP contribution < -0.4 is 4.74 Å². The highest BCUT2D eigenvalue weighted by molar-refractivity contribution is 9.09. The average Bonchev–Trinajstić information content (AvgIpc) is 2.35. The molecule has 0 fully saturated rings. The molecule has 0 aliphatic carbocycles. The first-order valence-corrected chi connectivity index (χ1v) is 7.14. The summed E-state index contributed by atoms with van der Waals surface area (Å²) in [6, 6.07) is 4.69. The quantitative estimate of drug-likeness (QED) is 0.432. The fraction of sp³-hybridized carbons (Fsp3) is 0.538. The van der Waals surface area contributed by atoms with E-state index < -0.39 is 4.92 Å². The van der Waals surface area contributed by atoms with Gasteiger partial charge >= 0.3 is 0 Å². The van der Waals surface area contributed by atoms with Crippen molar-refractivity contribution in [1.29, 1.82) is 0 Å². The minimum absolute atomic E-state index is 0.102. The summed E-state index contributed by atoms with van der Waals surface area (Å²) in [7, 11) is 0. The van der Waals surface area contributed by atoms with Crippen LogP contribution in [-0.4, -0.2) is 16.9 Å². The lowest BCUT2D eigenvalue weighted by atomic mass is 10.1. The van der Waals surface area contributed by atoms with Gasteiger partial charge in [0.25, 0.3) is 5.69 Å². The summed E-state index contributed by atoms with van der Waals surface area (Å²) in [4.78, 5) is 10.2. The zero-order valence-corrected chi connectivity index (χ0v) is 12.3. The monoisotopic (exact) mass is 315 g/mol. The van der Waals surface area contributed by atoms with Gasteiger partial charge in [-0.1, -0.05) is 29.3 Å². The number of aryl methyl sites for hydroxylation is 1. The van der Waals surface area contributed by atoms with Crippen molar-refractivity contribution in [3.05, 3.63) is 33.9 Å². The molecule has 100 valence electrons. The summed E-state index contributed by atoms with van der Waals surface area (Å²) in [5, 5.41) is 11.5. The van der Waals surface area contributed by atoms with Crippen LogP contribution in [0.1, 0.15) is 25.3 Å². The number of nitro benzene ring substituents is 1. The maximum absolute atomic E-state index is 10.6. The van der Waals surface area contributed by atoms with Gasteiger partial charge in [0.1, 0.15) is 5.75 Å². The zero-order valence-electron chi connectivity index (χ0n) is 10.7. The summed E-state index contributed by atoms with van der Waals surface area (Å²) in [6.07, 6.45) is 2.23. The molecule has 18 heavy (non-hydrogen) atoms. The molecule has 0 N–H and O–H groups in total. The molecule has 0 aliphatic rings. The van der Waals surface area contributed by atoms with Crippen molar-refractivity contribution >= 4 is 21.6 Å². The minimum atomic E-state index is -0.394. The van der Waals surface area contributed by atoms with Crippen LogP contribution >= 0.6 is 15.9 Å². The number of hydrogen-bond acceptors (Lipinski definition) is 3. The van der Waals surface area contributed by atoms with E-state index in [9.17, 15) is 10.1 Å². The molecule has 1 atom stereocenters. The summed E-state index contributed by atoms with van der Waals surface area (Å²) >= 11 is 3.47. The van der Waals surface area contributed by atoms with Crippen LogP contribution in [0.25, 0.3) is 0 Å². The van der Waals surface area contributed by atoms with Gasteiger partial charge in [0.2, 0.25) is 0 Å². The van der Waals surface area contributed by atoms with Gasteiger partial charge in [-0.3, -0.25) is 10.1 Å². The highest BCUT2D eigenvalue weighted by Gasteiger charge is 2.11. The van der Waals surface area contributed by atoms with Crippen molar-refractivity contribution in [1.82, 2.24) is 0 Å². The number of nitrogens with zero attached hydrogens (tertiary/aromatic N) is 1. The van der Waals surface area contributed by atoms with E-state index in [-0.39, 0.29) is 5.69 Å². The molecule has 0 heterocycles. The Bertz CT molecular complexity index is 409. The third kappa shape index (κ3) is 4.29. The van der Waals surface area contributed by atoms with Gasteiger partial charge in [-0.2, -0.15) is 0 Å². The van der Waals surface area contributed by atoms with Crippen molar-refractivity contribution in [3.8, 4) is 5.75 Å².